The molecule has 1 aromatic rings. The van der Waals surface area contributed by atoms with Crippen LogP contribution < -0.4 is 5.32 Å². The predicted molar refractivity (Wildman–Crippen MR) is 92.5 cm³/mol. The van der Waals surface area contributed by atoms with Crippen molar-refractivity contribution in [1.29, 1.82) is 0 Å². The lowest BCUT2D eigenvalue weighted by atomic mass is 9.98. The third kappa shape index (κ3) is 5.72. The molecule has 1 unspecified atom stereocenters. The van der Waals surface area contributed by atoms with Crippen LogP contribution in [0.15, 0.2) is 28.7 Å². The standard InChI is InChI=1S/C16H25BrN2.ClH/c1-13(2)19(12-15-4-3-9-18-10-15)11-14-5-7-16(17)8-6-14;/h5-8,13,15,18H,3-4,9-12H2,1-2H3;1H. The number of benzene rings is 1. The Morgan fingerprint density at radius 2 is 2.00 bits per heavy atom. The summed E-state index contributed by atoms with van der Waals surface area (Å²) in [4.78, 5) is 2.60. The second-order valence-electron chi connectivity index (χ2n) is 5.86. The number of hydrogen-bond acceptors (Lipinski definition) is 2. The number of nitrogens with one attached hydrogen (secondary N) is 1. The van der Waals surface area contributed by atoms with Crippen molar-refractivity contribution >= 4 is 28.3 Å². The Balaban J connectivity index is 0.00000200. The van der Waals surface area contributed by atoms with Crippen molar-refractivity contribution in [2.45, 2.75) is 39.3 Å². The number of piperidine rings is 1. The highest BCUT2D eigenvalue weighted by Gasteiger charge is 2.18. The van der Waals surface area contributed by atoms with Gasteiger partial charge in [-0.25, -0.2) is 0 Å². The van der Waals surface area contributed by atoms with E-state index in [4.69, 9.17) is 0 Å². The minimum atomic E-state index is 0. The van der Waals surface area contributed by atoms with Gasteiger partial charge < -0.3 is 5.32 Å². The maximum Gasteiger partial charge on any atom is 0.0236 e. The topological polar surface area (TPSA) is 15.3 Å². The van der Waals surface area contributed by atoms with Crippen LogP contribution in [-0.4, -0.2) is 30.6 Å². The molecule has 1 aliphatic heterocycles. The van der Waals surface area contributed by atoms with Gasteiger partial charge in [0, 0.05) is 23.6 Å². The Morgan fingerprint density at radius 1 is 1.30 bits per heavy atom. The fraction of sp³-hybridized carbons (Fsp3) is 0.625. The average molecular weight is 362 g/mol. The van der Waals surface area contributed by atoms with Crippen molar-refractivity contribution in [3.63, 3.8) is 0 Å². The monoisotopic (exact) mass is 360 g/mol. The molecule has 0 aromatic heterocycles. The first-order valence-corrected chi connectivity index (χ1v) is 8.13. The minimum absolute atomic E-state index is 0. The van der Waals surface area contributed by atoms with E-state index in [0.29, 0.717) is 6.04 Å². The molecule has 0 amide bonds. The lowest BCUT2D eigenvalue weighted by molar-refractivity contribution is 0.164. The second-order valence-corrected chi connectivity index (χ2v) is 6.78. The summed E-state index contributed by atoms with van der Waals surface area (Å²) in [7, 11) is 0. The van der Waals surface area contributed by atoms with E-state index in [-0.39, 0.29) is 12.4 Å². The van der Waals surface area contributed by atoms with Gasteiger partial charge in [0.05, 0.1) is 0 Å². The normalized spacial score (nSPS) is 19.1. The van der Waals surface area contributed by atoms with Gasteiger partial charge in [0.25, 0.3) is 0 Å². The second kappa shape index (κ2) is 9.04. The lowest BCUT2D eigenvalue weighted by Gasteiger charge is -2.32. The molecule has 1 fully saturated rings. The van der Waals surface area contributed by atoms with Gasteiger partial charge in [0.15, 0.2) is 0 Å². The Hall–Kier alpha value is -0.0900. The SMILES string of the molecule is CC(C)N(Cc1ccc(Br)cc1)CC1CCCNC1.Cl. The number of hydrogen-bond donors (Lipinski definition) is 1. The van der Waals surface area contributed by atoms with Crippen molar-refractivity contribution in [1.82, 2.24) is 10.2 Å². The van der Waals surface area contributed by atoms with E-state index in [2.05, 4.69) is 64.3 Å². The summed E-state index contributed by atoms with van der Waals surface area (Å²) >= 11 is 3.50. The highest BCUT2D eigenvalue weighted by Crippen LogP contribution is 2.17. The van der Waals surface area contributed by atoms with Crippen molar-refractivity contribution in [3.05, 3.63) is 34.3 Å². The van der Waals surface area contributed by atoms with E-state index in [9.17, 15) is 0 Å². The lowest BCUT2D eigenvalue weighted by Crippen LogP contribution is -2.40. The summed E-state index contributed by atoms with van der Waals surface area (Å²) < 4.78 is 1.16. The summed E-state index contributed by atoms with van der Waals surface area (Å²) in [5.74, 6) is 0.812. The average Bonchev–Trinajstić information content (AvgIpc) is 2.41. The molecule has 1 N–H and O–H groups in total. The van der Waals surface area contributed by atoms with Crippen LogP contribution in [0.3, 0.4) is 0 Å². The van der Waals surface area contributed by atoms with Gasteiger partial charge in [-0.15, -0.1) is 12.4 Å². The molecule has 1 saturated heterocycles. The van der Waals surface area contributed by atoms with Gasteiger partial charge >= 0.3 is 0 Å². The van der Waals surface area contributed by atoms with Crippen LogP contribution in [0.5, 0.6) is 0 Å². The quantitative estimate of drug-likeness (QED) is 0.850. The van der Waals surface area contributed by atoms with Crippen molar-refractivity contribution < 1.29 is 0 Å². The molecule has 0 radical (unpaired) electrons. The van der Waals surface area contributed by atoms with Gasteiger partial charge in [-0.3, -0.25) is 4.90 Å². The zero-order valence-corrected chi connectivity index (χ0v) is 14.8. The molecule has 0 saturated carbocycles. The Labute approximate surface area is 137 Å². The Kier molecular flexibility index (Phi) is 8.11. The molecule has 114 valence electrons. The zero-order chi connectivity index (χ0) is 13.7. The van der Waals surface area contributed by atoms with Crippen LogP contribution in [0.25, 0.3) is 0 Å². The summed E-state index contributed by atoms with van der Waals surface area (Å²) in [5.41, 5.74) is 1.40. The fourth-order valence-electron chi connectivity index (χ4n) is 2.69. The third-order valence-corrected chi connectivity index (χ3v) is 4.45. The first kappa shape index (κ1) is 18.0. The van der Waals surface area contributed by atoms with Gasteiger partial charge in [-0.1, -0.05) is 28.1 Å². The molecule has 4 heteroatoms. The molecule has 2 nitrogen and oxygen atoms in total. The van der Waals surface area contributed by atoms with Gasteiger partial charge in [0.2, 0.25) is 0 Å². The molecular weight excluding hydrogens is 336 g/mol. The number of halogens is 2. The van der Waals surface area contributed by atoms with Crippen molar-refractivity contribution in [3.8, 4) is 0 Å². The summed E-state index contributed by atoms with van der Waals surface area (Å²) in [5, 5.41) is 3.52. The van der Waals surface area contributed by atoms with Crippen LogP contribution in [0, 0.1) is 5.92 Å². The van der Waals surface area contributed by atoms with E-state index in [1.807, 2.05) is 0 Å². The van der Waals surface area contributed by atoms with Crippen molar-refractivity contribution in [2.75, 3.05) is 19.6 Å². The predicted octanol–water partition coefficient (Wildman–Crippen LogP) is 4.08. The molecule has 1 heterocycles. The molecule has 0 bridgehead atoms. The largest absolute Gasteiger partial charge is 0.316 e. The summed E-state index contributed by atoms with van der Waals surface area (Å²) in [6.45, 7) is 9.25. The Morgan fingerprint density at radius 3 is 2.55 bits per heavy atom. The molecule has 0 spiro atoms. The van der Waals surface area contributed by atoms with Gasteiger partial charge in [0.1, 0.15) is 0 Å². The molecule has 20 heavy (non-hydrogen) atoms. The van der Waals surface area contributed by atoms with Gasteiger partial charge in [-0.2, -0.15) is 0 Å². The van der Waals surface area contributed by atoms with Crippen LogP contribution in [0.1, 0.15) is 32.3 Å². The number of nitrogens with zero attached hydrogens (tertiary/aromatic N) is 1. The van der Waals surface area contributed by atoms with Crippen LogP contribution in [0.4, 0.5) is 0 Å². The minimum Gasteiger partial charge on any atom is -0.316 e. The molecule has 1 aromatic carbocycles. The first-order valence-electron chi connectivity index (χ1n) is 7.34. The first-order chi connectivity index (χ1) is 9.15. The highest BCUT2D eigenvalue weighted by molar-refractivity contribution is 9.10. The molecule has 2 rings (SSSR count). The Bertz CT molecular complexity index is 375. The van der Waals surface area contributed by atoms with E-state index in [1.165, 1.54) is 38.0 Å². The number of rotatable bonds is 5. The van der Waals surface area contributed by atoms with E-state index in [1.54, 1.807) is 0 Å². The summed E-state index contributed by atoms with van der Waals surface area (Å²) in [6.07, 6.45) is 2.70. The van der Waals surface area contributed by atoms with Crippen LogP contribution in [0.2, 0.25) is 0 Å². The van der Waals surface area contributed by atoms with E-state index in [0.717, 1.165) is 16.9 Å². The maximum absolute atomic E-state index is 3.52. The van der Waals surface area contributed by atoms with Crippen LogP contribution in [-0.2, 0) is 6.54 Å². The fourth-order valence-corrected chi connectivity index (χ4v) is 2.96. The molecular formula is C16H26BrClN2. The molecule has 1 aliphatic rings. The zero-order valence-electron chi connectivity index (χ0n) is 12.4. The smallest absolute Gasteiger partial charge is 0.0236 e. The van der Waals surface area contributed by atoms with Gasteiger partial charge in [-0.05, 0) is 63.4 Å². The highest BCUT2D eigenvalue weighted by atomic mass is 79.9. The van der Waals surface area contributed by atoms with Crippen LogP contribution >= 0.6 is 28.3 Å². The maximum atomic E-state index is 3.52. The van der Waals surface area contributed by atoms with E-state index < -0.39 is 0 Å². The third-order valence-electron chi connectivity index (χ3n) is 3.92. The van der Waals surface area contributed by atoms with Crippen molar-refractivity contribution in [2.24, 2.45) is 5.92 Å². The molecule has 0 aliphatic carbocycles. The summed E-state index contributed by atoms with van der Waals surface area (Å²) in [6, 6.07) is 9.31. The molecule has 1 atom stereocenters. The van der Waals surface area contributed by atoms with E-state index >= 15 is 0 Å².